The number of anilines is 1. The van der Waals surface area contributed by atoms with Crippen molar-refractivity contribution < 1.29 is 4.92 Å². The highest BCUT2D eigenvalue weighted by molar-refractivity contribution is 5.52. The first-order chi connectivity index (χ1) is 9.22. The van der Waals surface area contributed by atoms with Crippen molar-refractivity contribution in [1.29, 1.82) is 5.26 Å². The first kappa shape index (κ1) is 12.6. The second kappa shape index (κ2) is 5.65. The first-order valence-electron chi connectivity index (χ1n) is 5.67. The molecule has 0 aromatic heterocycles. The van der Waals surface area contributed by atoms with Crippen LogP contribution in [0.15, 0.2) is 54.6 Å². The molecule has 0 amide bonds. The molecule has 0 aliphatic carbocycles. The summed E-state index contributed by atoms with van der Waals surface area (Å²) in [4.78, 5) is 10.5. The summed E-state index contributed by atoms with van der Waals surface area (Å²) in [6, 6.07) is 16.7. The topological polar surface area (TPSA) is 79.0 Å². The van der Waals surface area contributed by atoms with Crippen molar-refractivity contribution in [3.63, 3.8) is 0 Å². The zero-order valence-electron chi connectivity index (χ0n) is 9.98. The molecular formula is C14H11N3O2. The van der Waals surface area contributed by atoms with E-state index in [-0.39, 0.29) is 5.69 Å². The van der Waals surface area contributed by atoms with Crippen LogP contribution in [0.2, 0.25) is 0 Å². The lowest BCUT2D eigenvalue weighted by atomic mass is 10.1. The Hall–Kier alpha value is -2.87. The fourth-order valence-corrected chi connectivity index (χ4v) is 1.78. The molecule has 0 fully saturated rings. The molecule has 5 heteroatoms. The van der Waals surface area contributed by atoms with Gasteiger partial charge in [-0.1, -0.05) is 30.3 Å². The van der Waals surface area contributed by atoms with Crippen molar-refractivity contribution in [2.24, 2.45) is 0 Å². The molecule has 0 heterocycles. The number of nitrogens with zero attached hydrogens (tertiary/aromatic N) is 2. The lowest BCUT2D eigenvalue weighted by Gasteiger charge is -2.13. The van der Waals surface area contributed by atoms with Gasteiger partial charge in [0.05, 0.1) is 16.6 Å². The van der Waals surface area contributed by atoms with Crippen molar-refractivity contribution in [3.8, 4) is 6.07 Å². The zero-order chi connectivity index (χ0) is 13.7. The van der Waals surface area contributed by atoms with Crippen LogP contribution in [0.5, 0.6) is 0 Å². The first-order valence-corrected chi connectivity index (χ1v) is 5.67. The second-order valence-corrected chi connectivity index (χ2v) is 3.89. The van der Waals surface area contributed by atoms with Crippen LogP contribution in [0.1, 0.15) is 11.6 Å². The Balaban J connectivity index is 2.33. The smallest absolute Gasteiger partial charge is 0.275 e. The number of hydrogen-bond acceptors (Lipinski definition) is 4. The van der Waals surface area contributed by atoms with E-state index in [9.17, 15) is 15.4 Å². The number of para-hydroxylation sites is 2. The molecule has 0 radical (unpaired) electrons. The molecule has 0 bridgehead atoms. The average Bonchev–Trinajstić information content (AvgIpc) is 2.46. The maximum Gasteiger partial charge on any atom is 0.275 e. The van der Waals surface area contributed by atoms with E-state index in [0.717, 1.165) is 5.69 Å². The molecule has 19 heavy (non-hydrogen) atoms. The van der Waals surface area contributed by atoms with Gasteiger partial charge in [0.15, 0.2) is 0 Å². The van der Waals surface area contributed by atoms with Crippen LogP contribution in [0.4, 0.5) is 11.4 Å². The largest absolute Gasteiger partial charge is 0.366 e. The van der Waals surface area contributed by atoms with Gasteiger partial charge in [0.2, 0.25) is 0 Å². The number of nitro benzene ring substituents is 1. The molecule has 1 unspecified atom stereocenters. The van der Waals surface area contributed by atoms with E-state index in [2.05, 4.69) is 5.32 Å². The summed E-state index contributed by atoms with van der Waals surface area (Å²) in [6.45, 7) is 0. The Labute approximate surface area is 110 Å². The zero-order valence-corrected chi connectivity index (χ0v) is 9.98. The minimum Gasteiger partial charge on any atom is -0.366 e. The molecule has 2 rings (SSSR count). The summed E-state index contributed by atoms with van der Waals surface area (Å²) < 4.78 is 0. The Kier molecular flexibility index (Phi) is 3.74. The van der Waals surface area contributed by atoms with Crippen LogP contribution in [0.3, 0.4) is 0 Å². The Morgan fingerprint density at radius 1 is 1.11 bits per heavy atom. The van der Waals surface area contributed by atoms with Crippen LogP contribution in [0, 0.1) is 21.4 Å². The Bertz CT molecular complexity index is 620. The minimum atomic E-state index is -0.760. The highest BCUT2D eigenvalue weighted by Crippen LogP contribution is 2.27. The van der Waals surface area contributed by atoms with Crippen molar-refractivity contribution in [2.75, 3.05) is 5.32 Å². The summed E-state index contributed by atoms with van der Waals surface area (Å²) in [5.74, 6) is 0. The molecule has 5 nitrogen and oxygen atoms in total. The van der Waals surface area contributed by atoms with Crippen molar-refractivity contribution >= 4 is 11.4 Å². The van der Waals surface area contributed by atoms with E-state index in [0.29, 0.717) is 5.56 Å². The number of nitro groups is 1. The summed E-state index contributed by atoms with van der Waals surface area (Å²) in [6.07, 6.45) is 0. The summed E-state index contributed by atoms with van der Waals surface area (Å²) >= 11 is 0. The summed E-state index contributed by atoms with van der Waals surface area (Å²) in [5, 5.41) is 23.1. The van der Waals surface area contributed by atoms with Gasteiger partial charge in [-0.05, 0) is 18.2 Å². The van der Waals surface area contributed by atoms with Gasteiger partial charge in [-0.15, -0.1) is 0 Å². The normalized spacial score (nSPS) is 11.3. The number of hydrogen-bond donors (Lipinski definition) is 1. The van der Waals surface area contributed by atoms with Crippen LogP contribution in [-0.4, -0.2) is 4.92 Å². The van der Waals surface area contributed by atoms with Gasteiger partial charge < -0.3 is 5.32 Å². The third-order valence-electron chi connectivity index (χ3n) is 2.66. The van der Waals surface area contributed by atoms with Gasteiger partial charge in [0.1, 0.15) is 6.04 Å². The third-order valence-corrected chi connectivity index (χ3v) is 2.66. The molecule has 2 aromatic carbocycles. The molecule has 1 N–H and O–H groups in total. The van der Waals surface area contributed by atoms with Gasteiger partial charge in [-0.2, -0.15) is 5.26 Å². The lowest BCUT2D eigenvalue weighted by Crippen LogP contribution is -2.10. The van der Waals surface area contributed by atoms with Crippen molar-refractivity contribution in [1.82, 2.24) is 0 Å². The van der Waals surface area contributed by atoms with Crippen LogP contribution in [-0.2, 0) is 0 Å². The van der Waals surface area contributed by atoms with Gasteiger partial charge in [-0.25, -0.2) is 0 Å². The lowest BCUT2D eigenvalue weighted by molar-refractivity contribution is -0.385. The Morgan fingerprint density at radius 3 is 2.37 bits per heavy atom. The van der Waals surface area contributed by atoms with Crippen LogP contribution >= 0.6 is 0 Å². The minimum absolute atomic E-state index is 0.0579. The highest BCUT2D eigenvalue weighted by Gasteiger charge is 2.21. The standard InChI is InChI=1S/C14H11N3O2/c15-10-13(16-11-6-2-1-3-7-11)12-8-4-5-9-14(12)17(18)19/h1-9,13,16H. The van der Waals surface area contributed by atoms with E-state index in [4.69, 9.17) is 0 Å². The second-order valence-electron chi connectivity index (χ2n) is 3.89. The van der Waals surface area contributed by atoms with E-state index >= 15 is 0 Å². The van der Waals surface area contributed by atoms with E-state index in [1.807, 2.05) is 24.3 Å². The predicted molar refractivity (Wildman–Crippen MR) is 71.5 cm³/mol. The molecular weight excluding hydrogens is 242 g/mol. The Morgan fingerprint density at radius 2 is 1.74 bits per heavy atom. The van der Waals surface area contributed by atoms with Crippen LogP contribution < -0.4 is 5.32 Å². The molecule has 2 aromatic rings. The van der Waals surface area contributed by atoms with Crippen LogP contribution in [0.25, 0.3) is 0 Å². The molecule has 0 spiro atoms. The maximum absolute atomic E-state index is 11.0. The van der Waals surface area contributed by atoms with Crippen molar-refractivity contribution in [3.05, 3.63) is 70.3 Å². The SMILES string of the molecule is N#CC(Nc1ccccc1)c1ccccc1[N+](=O)[O-]. The highest BCUT2D eigenvalue weighted by atomic mass is 16.6. The fourth-order valence-electron chi connectivity index (χ4n) is 1.78. The molecule has 0 saturated heterocycles. The number of nitriles is 1. The number of benzene rings is 2. The molecule has 94 valence electrons. The fraction of sp³-hybridized carbons (Fsp3) is 0.0714. The van der Waals surface area contributed by atoms with Gasteiger partial charge in [0.25, 0.3) is 5.69 Å². The molecule has 0 saturated carbocycles. The number of nitrogens with one attached hydrogen (secondary N) is 1. The van der Waals surface area contributed by atoms with Crippen molar-refractivity contribution in [2.45, 2.75) is 6.04 Å². The van der Waals surface area contributed by atoms with Gasteiger partial charge in [-0.3, -0.25) is 10.1 Å². The number of rotatable bonds is 4. The third kappa shape index (κ3) is 2.87. The molecule has 1 atom stereocenters. The molecule has 0 aliphatic rings. The summed E-state index contributed by atoms with van der Waals surface area (Å²) in [5.41, 5.74) is 1.04. The quantitative estimate of drug-likeness (QED) is 0.669. The van der Waals surface area contributed by atoms with E-state index in [1.54, 1.807) is 30.3 Å². The van der Waals surface area contributed by atoms with E-state index in [1.165, 1.54) is 6.07 Å². The average molecular weight is 253 g/mol. The van der Waals surface area contributed by atoms with Gasteiger partial charge in [0, 0.05) is 11.8 Å². The maximum atomic E-state index is 11.0. The summed E-state index contributed by atoms with van der Waals surface area (Å²) in [7, 11) is 0. The van der Waals surface area contributed by atoms with Gasteiger partial charge >= 0.3 is 0 Å². The van der Waals surface area contributed by atoms with E-state index < -0.39 is 11.0 Å². The monoisotopic (exact) mass is 253 g/mol. The predicted octanol–water partition coefficient (Wildman–Crippen LogP) is 3.27. The molecule has 0 aliphatic heterocycles.